The highest BCUT2D eigenvalue weighted by Crippen LogP contribution is 2.08. The molecule has 1 unspecified atom stereocenters. The van der Waals surface area contributed by atoms with E-state index in [1.807, 2.05) is 27.7 Å². The number of likely N-dealkylation sites (N-methyl/N-ethyl adjacent to an activating group) is 1. The van der Waals surface area contributed by atoms with E-state index in [0.717, 1.165) is 0 Å². The summed E-state index contributed by atoms with van der Waals surface area (Å²) in [5, 5.41) is 6.33. The quantitative estimate of drug-likeness (QED) is 0.567. The molecule has 1 atom stereocenters. The Morgan fingerprint density at radius 2 is 2.00 bits per heavy atom. The molecule has 0 rings (SSSR count). The molecule has 0 spiro atoms. The molecule has 7 heteroatoms. The number of carbonyl (C=O) groups is 1. The summed E-state index contributed by atoms with van der Waals surface area (Å²) in [6, 6.07) is 0.157. The number of carbonyl (C=O) groups excluding carboxylic acids is 1. The maximum Gasteiger partial charge on any atom is 0.410 e. The number of guanidine groups is 1. The van der Waals surface area contributed by atoms with Crippen molar-refractivity contribution in [1.29, 1.82) is 0 Å². The van der Waals surface area contributed by atoms with Gasteiger partial charge in [-0.3, -0.25) is 4.99 Å². The third-order valence-electron chi connectivity index (χ3n) is 2.47. The second kappa shape index (κ2) is 9.44. The predicted octanol–water partition coefficient (Wildman–Crippen LogP) is 1.05. The minimum absolute atomic E-state index is 0.157. The van der Waals surface area contributed by atoms with Crippen LogP contribution in [0.2, 0.25) is 0 Å². The van der Waals surface area contributed by atoms with Crippen LogP contribution in [0.5, 0.6) is 0 Å². The Morgan fingerprint density at radius 1 is 1.38 bits per heavy atom. The number of nitrogens with one attached hydrogen (secondary N) is 2. The van der Waals surface area contributed by atoms with E-state index in [4.69, 9.17) is 9.47 Å². The number of hydrogen-bond acceptors (Lipinski definition) is 4. The lowest BCUT2D eigenvalue weighted by Gasteiger charge is -2.25. The number of ether oxygens (including phenoxy) is 2. The van der Waals surface area contributed by atoms with E-state index in [9.17, 15) is 4.79 Å². The van der Waals surface area contributed by atoms with Crippen LogP contribution in [0, 0.1) is 0 Å². The normalized spacial score (nSPS) is 13.6. The fourth-order valence-corrected chi connectivity index (χ4v) is 1.49. The molecule has 0 aromatic heterocycles. The zero-order chi connectivity index (χ0) is 16.5. The fraction of sp³-hybridized carbons (Fsp3) is 0.857. The van der Waals surface area contributed by atoms with Crippen LogP contribution in [0.1, 0.15) is 27.7 Å². The van der Waals surface area contributed by atoms with Crippen molar-refractivity contribution in [3.8, 4) is 0 Å². The van der Waals surface area contributed by atoms with Crippen molar-refractivity contribution in [1.82, 2.24) is 15.5 Å². The Bertz CT molecular complexity index is 340. The van der Waals surface area contributed by atoms with Crippen LogP contribution in [-0.4, -0.2) is 69.5 Å². The average Bonchev–Trinajstić information content (AvgIpc) is 2.35. The van der Waals surface area contributed by atoms with E-state index in [0.29, 0.717) is 25.7 Å². The molecule has 0 radical (unpaired) electrons. The summed E-state index contributed by atoms with van der Waals surface area (Å²) in [7, 11) is 5.07. The first-order chi connectivity index (χ1) is 9.69. The van der Waals surface area contributed by atoms with Gasteiger partial charge in [-0.2, -0.15) is 0 Å². The highest BCUT2D eigenvalue weighted by molar-refractivity contribution is 5.80. The zero-order valence-electron chi connectivity index (χ0n) is 14.3. The summed E-state index contributed by atoms with van der Waals surface area (Å²) in [4.78, 5) is 17.4. The standard InChI is InChI=1S/C14H30N4O3/c1-11(10-20-7)17-12(15-5)16-8-9-18(6)13(19)21-14(2,3)4/h11H,8-10H2,1-7H3,(H2,15,16,17). The van der Waals surface area contributed by atoms with E-state index in [1.165, 1.54) is 4.90 Å². The summed E-state index contributed by atoms with van der Waals surface area (Å²) in [5.74, 6) is 0.678. The van der Waals surface area contributed by atoms with E-state index in [1.54, 1.807) is 21.2 Å². The Kier molecular flexibility index (Phi) is 8.76. The van der Waals surface area contributed by atoms with Gasteiger partial charge in [-0.1, -0.05) is 0 Å². The van der Waals surface area contributed by atoms with Crippen molar-refractivity contribution < 1.29 is 14.3 Å². The molecule has 0 aliphatic heterocycles. The summed E-state index contributed by atoms with van der Waals surface area (Å²) >= 11 is 0. The van der Waals surface area contributed by atoms with Crippen molar-refractivity contribution in [3.05, 3.63) is 0 Å². The third kappa shape index (κ3) is 9.95. The Balaban J connectivity index is 4.08. The second-order valence-corrected chi connectivity index (χ2v) is 5.90. The molecule has 0 saturated carbocycles. The molecule has 7 nitrogen and oxygen atoms in total. The van der Waals surface area contributed by atoms with Gasteiger partial charge in [0.05, 0.1) is 6.61 Å². The van der Waals surface area contributed by atoms with Crippen LogP contribution in [0.4, 0.5) is 4.79 Å². The molecule has 0 aliphatic carbocycles. The van der Waals surface area contributed by atoms with Crippen LogP contribution < -0.4 is 10.6 Å². The van der Waals surface area contributed by atoms with Crippen molar-refractivity contribution in [2.75, 3.05) is 40.9 Å². The lowest BCUT2D eigenvalue weighted by molar-refractivity contribution is 0.0302. The van der Waals surface area contributed by atoms with Gasteiger partial charge in [-0.25, -0.2) is 4.79 Å². The van der Waals surface area contributed by atoms with E-state index in [-0.39, 0.29) is 12.1 Å². The molecule has 0 heterocycles. The predicted molar refractivity (Wildman–Crippen MR) is 84.7 cm³/mol. The number of aliphatic imine (C=N–C) groups is 1. The van der Waals surface area contributed by atoms with Gasteiger partial charge in [-0.05, 0) is 27.7 Å². The monoisotopic (exact) mass is 302 g/mol. The van der Waals surface area contributed by atoms with Crippen LogP contribution in [0.3, 0.4) is 0 Å². The maximum atomic E-state index is 11.8. The minimum atomic E-state index is -0.480. The first kappa shape index (κ1) is 19.5. The molecule has 2 N–H and O–H groups in total. The lowest BCUT2D eigenvalue weighted by Crippen LogP contribution is -2.46. The van der Waals surface area contributed by atoms with Gasteiger partial charge in [0.15, 0.2) is 5.96 Å². The van der Waals surface area contributed by atoms with Crippen molar-refractivity contribution in [2.24, 2.45) is 4.99 Å². The van der Waals surface area contributed by atoms with Gasteiger partial charge in [0, 0.05) is 40.3 Å². The molecule has 0 bridgehead atoms. The van der Waals surface area contributed by atoms with Crippen LogP contribution >= 0.6 is 0 Å². The molecule has 0 fully saturated rings. The zero-order valence-corrected chi connectivity index (χ0v) is 14.3. The van der Waals surface area contributed by atoms with E-state index >= 15 is 0 Å². The number of nitrogens with zero attached hydrogens (tertiary/aromatic N) is 2. The minimum Gasteiger partial charge on any atom is -0.444 e. The summed E-state index contributed by atoms with van der Waals surface area (Å²) in [6.07, 6.45) is -0.333. The smallest absolute Gasteiger partial charge is 0.410 e. The van der Waals surface area contributed by atoms with Crippen molar-refractivity contribution in [2.45, 2.75) is 39.3 Å². The van der Waals surface area contributed by atoms with Crippen LogP contribution in [-0.2, 0) is 9.47 Å². The van der Waals surface area contributed by atoms with Gasteiger partial charge in [0.2, 0.25) is 0 Å². The highest BCUT2D eigenvalue weighted by atomic mass is 16.6. The van der Waals surface area contributed by atoms with Gasteiger partial charge in [0.25, 0.3) is 0 Å². The Hall–Kier alpha value is -1.50. The van der Waals surface area contributed by atoms with Crippen LogP contribution in [0.15, 0.2) is 4.99 Å². The molecule has 0 aliphatic rings. The molecular weight excluding hydrogens is 272 g/mol. The Labute approximate surface area is 128 Å². The molecule has 21 heavy (non-hydrogen) atoms. The van der Waals surface area contributed by atoms with Gasteiger partial charge >= 0.3 is 6.09 Å². The summed E-state index contributed by atoms with van der Waals surface area (Å²) in [6.45, 7) is 9.24. The van der Waals surface area contributed by atoms with E-state index in [2.05, 4.69) is 15.6 Å². The van der Waals surface area contributed by atoms with Crippen molar-refractivity contribution >= 4 is 12.1 Å². The number of methoxy groups -OCH3 is 1. The molecule has 0 aromatic carbocycles. The lowest BCUT2D eigenvalue weighted by atomic mass is 10.2. The molecular formula is C14H30N4O3. The van der Waals surface area contributed by atoms with Crippen molar-refractivity contribution in [3.63, 3.8) is 0 Å². The molecule has 124 valence electrons. The molecule has 1 amide bonds. The molecule has 0 aromatic rings. The highest BCUT2D eigenvalue weighted by Gasteiger charge is 2.19. The number of hydrogen-bond donors (Lipinski definition) is 2. The average molecular weight is 302 g/mol. The topological polar surface area (TPSA) is 75.2 Å². The Morgan fingerprint density at radius 3 is 2.48 bits per heavy atom. The fourth-order valence-electron chi connectivity index (χ4n) is 1.49. The summed E-state index contributed by atoms with van der Waals surface area (Å²) < 4.78 is 10.3. The summed E-state index contributed by atoms with van der Waals surface area (Å²) in [5.41, 5.74) is -0.480. The SMILES string of the molecule is CN=C(NCCN(C)C(=O)OC(C)(C)C)NC(C)COC. The van der Waals surface area contributed by atoms with Crippen LogP contribution in [0.25, 0.3) is 0 Å². The maximum absolute atomic E-state index is 11.8. The largest absolute Gasteiger partial charge is 0.444 e. The molecule has 0 saturated heterocycles. The first-order valence-corrected chi connectivity index (χ1v) is 7.09. The van der Waals surface area contributed by atoms with Gasteiger partial charge < -0.3 is 25.0 Å². The first-order valence-electron chi connectivity index (χ1n) is 7.09. The van der Waals surface area contributed by atoms with E-state index < -0.39 is 5.60 Å². The van der Waals surface area contributed by atoms with Gasteiger partial charge in [0.1, 0.15) is 5.60 Å². The number of amides is 1. The second-order valence-electron chi connectivity index (χ2n) is 5.90. The van der Waals surface area contributed by atoms with Gasteiger partial charge in [-0.15, -0.1) is 0 Å². The third-order valence-corrected chi connectivity index (χ3v) is 2.47. The number of rotatable bonds is 6.